The van der Waals surface area contributed by atoms with E-state index in [4.69, 9.17) is 5.73 Å². The number of nitrogens with one attached hydrogen (secondary N) is 1. The Bertz CT molecular complexity index is 530. The van der Waals surface area contributed by atoms with Crippen LogP contribution in [0, 0.1) is 17.7 Å². The summed E-state index contributed by atoms with van der Waals surface area (Å²) < 4.78 is 13.7. The van der Waals surface area contributed by atoms with Crippen molar-refractivity contribution in [2.24, 2.45) is 5.73 Å². The van der Waals surface area contributed by atoms with Gasteiger partial charge in [0.05, 0.1) is 12.1 Å². The van der Waals surface area contributed by atoms with Crippen molar-refractivity contribution in [3.8, 4) is 11.8 Å². The van der Waals surface area contributed by atoms with E-state index in [-0.39, 0.29) is 24.1 Å². The number of benzene rings is 1. The van der Waals surface area contributed by atoms with Crippen LogP contribution in [0.3, 0.4) is 0 Å². The van der Waals surface area contributed by atoms with Crippen LogP contribution >= 0.6 is 11.8 Å². The predicted octanol–water partition coefficient (Wildman–Crippen LogP) is 1.37. The normalized spacial score (nSPS) is 17.7. The van der Waals surface area contributed by atoms with Gasteiger partial charge in [-0.05, 0) is 30.4 Å². The molecule has 0 aromatic heterocycles. The molecule has 3 N–H and O–H groups in total. The fraction of sp³-hybridized carbons (Fsp3) is 0.357. The molecule has 1 saturated heterocycles. The fourth-order valence-electron chi connectivity index (χ4n) is 1.82. The van der Waals surface area contributed by atoms with E-state index in [1.165, 1.54) is 12.1 Å². The molecule has 0 aliphatic carbocycles. The first-order chi connectivity index (χ1) is 9.20. The highest BCUT2D eigenvalue weighted by Crippen LogP contribution is 2.18. The van der Waals surface area contributed by atoms with E-state index in [0.29, 0.717) is 5.56 Å². The van der Waals surface area contributed by atoms with Crippen LogP contribution in [0.5, 0.6) is 0 Å². The number of hydrogen-bond donors (Lipinski definition) is 2. The van der Waals surface area contributed by atoms with E-state index in [9.17, 15) is 9.18 Å². The highest BCUT2D eigenvalue weighted by Gasteiger charge is 2.18. The molecule has 1 aliphatic heterocycles. The van der Waals surface area contributed by atoms with Gasteiger partial charge in [0.15, 0.2) is 0 Å². The molecule has 1 atom stereocenters. The number of nitrogens with two attached hydrogens (primary N) is 1. The molecule has 1 amide bonds. The second kappa shape index (κ2) is 6.60. The molecule has 3 nitrogen and oxygen atoms in total. The Morgan fingerprint density at radius 3 is 3.05 bits per heavy atom. The third-order valence-corrected chi connectivity index (χ3v) is 3.98. The average Bonchev–Trinajstić information content (AvgIpc) is 2.90. The Morgan fingerprint density at radius 1 is 1.58 bits per heavy atom. The highest BCUT2D eigenvalue weighted by molar-refractivity contribution is 7.99. The summed E-state index contributed by atoms with van der Waals surface area (Å²) in [7, 11) is 0. The molecule has 1 unspecified atom stereocenters. The zero-order valence-electron chi connectivity index (χ0n) is 10.4. The van der Waals surface area contributed by atoms with E-state index >= 15 is 0 Å². The lowest BCUT2D eigenvalue weighted by Gasteiger charge is -2.11. The smallest absolute Gasteiger partial charge is 0.251 e. The molecule has 100 valence electrons. The van der Waals surface area contributed by atoms with Gasteiger partial charge in [-0.1, -0.05) is 11.8 Å². The number of thioether (sulfide) groups is 1. The van der Waals surface area contributed by atoms with Gasteiger partial charge in [-0.3, -0.25) is 4.79 Å². The largest absolute Gasteiger partial charge is 0.348 e. The minimum Gasteiger partial charge on any atom is -0.348 e. The van der Waals surface area contributed by atoms with Crippen LogP contribution in [0.2, 0.25) is 0 Å². The Morgan fingerprint density at radius 2 is 2.42 bits per heavy atom. The average molecular weight is 278 g/mol. The van der Waals surface area contributed by atoms with Crippen molar-refractivity contribution in [3.63, 3.8) is 0 Å². The molecule has 0 bridgehead atoms. The summed E-state index contributed by atoms with van der Waals surface area (Å²) >= 11 is 1.82. The molecule has 1 aliphatic rings. The summed E-state index contributed by atoms with van der Waals surface area (Å²) in [5.41, 5.74) is 5.82. The van der Waals surface area contributed by atoms with E-state index in [1.54, 1.807) is 6.07 Å². The van der Waals surface area contributed by atoms with Crippen LogP contribution in [0.4, 0.5) is 4.39 Å². The topological polar surface area (TPSA) is 55.1 Å². The monoisotopic (exact) mass is 278 g/mol. The van der Waals surface area contributed by atoms with Gasteiger partial charge in [0.1, 0.15) is 5.82 Å². The first-order valence-electron chi connectivity index (χ1n) is 6.08. The van der Waals surface area contributed by atoms with Crippen LogP contribution in [0.1, 0.15) is 22.3 Å². The van der Waals surface area contributed by atoms with Gasteiger partial charge in [-0.2, -0.15) is 11.8 Å². The predicted molar refractivity (Wildman–Crippen MR) is 75.5 cm³/mol. The van der Waals surface area contributed by atoms with E-state index in [0.717, 1.165) is 17.9 Å². The van der Waals surface area contributed by atoms with Gasteiger partial charge < -0.3 is 11.1 Å². The summed E-state index contributed by atoms with van der Waals surface area (Å²) in [6.07, 6.45) is 0.971. The van der Waals surface area contributed by atoms with Crippen molar-refractivity contribution < 1.29 is 9.18 Å². The fourth-order valence-corrected chi connectivity index (χ4v) is 2.97. The third kappa shape index (κ3) is 3.72. The second-order valence-corrected chi connectivity index (χ2v) is 5.38. The summed E-state index contributed by atoms with van der Waals surface area (Å²) in [6.45, 7) is 0.182. The summed E-state index contributed by atoms with van der Waals surface area (Å²) in [5, 5.41) is 2.90. The van der Waals surface area contributed by atoms with Gasteiger partial charge in [-0.25, -0.2) is 4.39 Å². The van der Waals surface area contributed by atoms with Crippen molar-refractivity contribution in [1.82, 2.24) is 5.32 Å². The van der Waals surface area contributed by atoms with E-state index < -0.39 is 5.82 Å². The summed E-state index contributed by atoms with van der Waals surface area (Å²) in [4.78, 5) is 11.9. The van der Waals surface area contributed by atoms with Gasteiger partial charge in [0.2, 0.25) is 0 Å². The quantitative estimate of drug-likeness (QED) is 0.803. The molecule has 0 saturated carbocycles. The number of carbonyl (C=O) groups excluding carboxylic acids is 1. The lowest BCUT2D eigenvalue weighted by molar-refractivity contribution is 0.0940. The molecular weight excluding hydrogens is 263 g/mol. The zero-order valence-corrected chi connectivity index (χ0v) is 11.2. The second-order valence-electron chi connectivity index (χ2n) is 4.23. The Kier molecular flexibility index (Phi) is 4.83. The van der Waals surface area contributed by atoms with E-state index in [2.05, 4.69) is 17.2 Å². The van der Waals surface area contributed by atoms with Crippen LogP contribution in [0.15, 0.2) is 18.2 Å². The number of rotatable bonds is 2. The summed E-state index contributed by atoms with van der Waals surface area (Å²) in [5.74, 6) is 6.48. The van der Waals surface area contributed by atoms with Crippen molar-refractivity contribution in [3.05, 3.63) is 35.1 Å². The minimum atomic E-state index is -0.491. The molecule has 1 aromatic rings. The Labute approximate surface area is 116 Å². The van der Waals surface area contributed by atoms with E-state index in [1.807, 2.05) is 11.8 Å². The highest BCUT2D eigenvalue weighted by atomic mass is 32.2. The number of halogens is 1. The standard InChI is InChI=1S/C14H15FN2OS/c15-13-8-11(4-3-10(13)2-1-6-16)14(18)17-12-5-7-19-9-12/h3-4,8,12H,5-7,9,16H2,(H,17,18). The Hall–Kier alpha value is -1.51. The number of carbonyl (C=O) groups is 1. The van der Waals surface area contributed by atoms with Crippen molar-refractivity contribution in [2.75, 3.05) is 18.1 Å². The van der Waals surface area contributed by atoms with Crippen molar-refractivity contribution in [2.45, 2.75) is 12.5 Å². The number of amides is 1. The molecule has 1 heterocycles. The van der Waals surface area contributed by atoms with Crippen LogP contribution in [-0.2, 0) is 0 Å². The SMILES string of the molecule is NCC#Cc1ccc(C(=O)NC2CCSC2)cc1F. The van der Waals surface area contributed by atoms with Crippen LogP contribution < -0.4 is 11.1 Å². The van der Waals surface area contributed by atoms with Gasteiger partial charge >= 0.3 is 0 Å². The molecular formula is C14H15FN2OS. The lowest BCUT2D eigenvalue weighted by atomic mass is 10.1. The van der Waals surface area contributed by atoms with Crippen molar-refractivity contribution in [1.29, 1.82) is 0 Å². The first kappa shape index (κ1) is 13.9. The maximum atomic E-state index is 13.7. The lowest BCUT2D eigenvalue weighted by Crippen LogP contribution is -2.34. The molecule has 5 heteroatoms. The first-order valence-corrected chi connectivity index (χ1v) is 7.23. The minimum absolute atomic E-state index is 0.182. The zero-order chi connectivity index (χ0) is 13.7. The van der Waals surface area contributed by atoms with Crippen LogP contribution in [-0.4, -0.2) is 30.0 Å². The molecule has 1 fully saturated rings. The van der Waals surface area contributed by atoms with Gasteiger partial charge in [0, 0.05) is 17.4 Å². The van der Waals surface area contributed by atoms with Crippen molar-refractivity contribution >= 4 is 17.7 Å². The molecule has 0 spiro atoms. The molecule has 2 rings (SSSR count). The maximum Gasteiger partial charge on any atom is 0.251 e. The van der Waals surface area contributed by atoms with Gasteiger partial charge in [-0.15, -0.1) is 0 Å². The maximum absolute atomic E-state index is 13.7. The molecule has 19 heavy (non-hydrogen) atoms. The van der Waals surface area contributed by atoms with Gasteiger partial charge in [0.25, 0.3) is 5.91 Å². The van der Waals surface area contributed by atoms with Crippen LogP contribution in [0.25, 0.3) is 0 Å². The molecule has 1 aromatic carbocycles. The third-order valence-electron chi connectivity index (χ3n) is 2.82. The number of hydrogen-bond acceptors (Lipinski definition) is 3. The summed E-state index contributed by atoms with van der Waals surface area (Å²) in [6, 6.07) is 4.51. The molecule has 0 radical (unpaired) electrons. The Balaban J connectivity index is 2.08.